The van der Waals surface area contributed by atoms with Gasteiger partial charge in [0.05, 0.1) is 22.7 Å². The number of para-hydroxylation sites is 4. The van der Waals surface area contributed by atoms with Crippen LogP contribution >= 0.6 is 0 Å². The summed E-state index contributed by atoms with van der Waals surface area (Å²) >= 11 is 0. The van der Waals surface area contributed by atoms with Crippen LogP contribution in [0.15, 0.2) is 107 Å². The first-order valence-electron chi connectivity index (χ1n) is 9.35. The molecule has 4 aromatic rings. The lowest BCUT2D eigenvalue weighted by molar-refractivity contribution is 0.472. The molecule has 4 rings (SSSR count). The standard InChI is InChI=1S/C24H20N4O2/c25-17-9-11-18(12-10-17)26-27-19-13-15-20(16-14-19)28(21-5-1-3-7-23(21)29)22-6-2-4-8-24(22)30/h1-16,29-30H,25H2. The summed E-state index contributed by atoms with van der Waals surface area (Å²) in [6.07, 6.45) is 0. The Balaban J connectivity index is 1.69. The second-order valence-electron chi connectivity index (χ2n) is 6.62. The van der Waals surface area contributed by atoms with Crippen LogP contribution in [-0.2, 0) is 0 Å². The number of nitrogen functional groups attached to an aromatic ring is 1. The van der Waals surface area contributed by atoms with Gasteiger partial charge in [0.2, 0.25) is 0 Å². The molecule has 0 saturated heterocycles. The van der Waals surface area contributed by atoms with E-state index in [2.05, 4.69) is 10.2 Å². The minimum Gasteiger partial charge on any atom is -0.506 e. The topological polar surface area (TPSA) is 94.4 Å². The van der Waals surface area contributed by atoms with Crippen molar-refractivity contribution in [3.8, 4) is 11.5 Å². The SMILES string of the molecule is Nc1ccc(N=Nc2ccc(N(c3ccccc3O)c3ccccc3O)cc2)cc1. The van der Waals surface area contributed by atoms with E-state index in [0.29, 0.717) is 28.4 Å². The zero-order valence-electron chi connectivity index (χ0n) is 16.1. The predicted octanol–water partition coefficient (Wildman–Crippen LogP) is 6.57. The smallest absolute Gasteiger partial charge is 0.139 e. The van der Waals surface area contributed by atoms with Crippen LogP contribution in [-0.4, -0.2) is 10.2 Å². The molecule has 0 spiro atoms. The van der Waals surface area contributed by atoms with Crippen molar-refractivity contribution in [2.24, 2.45) is 10.2 Å². The van der Waals surface area contributed by atoms with Crippen molar-refractivity contribution in [2.75, 3.05) is 10.6 Å². The molecule has 0 aromatic heterocycles. The average molecular weight is 396 g/mol. The van der Waals surface area contributed by atoms with Crippen molar-refractivity contribution in [3.63, 3.8) is 0 Å². The normalized spacial score (nSPS) is 10.9. The van der Waals surface area contributed by atoms with Crippen molar-refractivity contribution in [2.45, 2.75) is 0 Å². The van der Waals surface area contributed by atoms with Gasteiger partial charge in [-0.3, -0.25) is 0 Å². The summed E-state index contributed by atoms with van der Waals surface area (Å²) in [4.78, 5) is 1.78. The first-order valence-corrected chi connectivity index (χ1v) is 9.35. The van der Waals surface area contributed by atoms with Gasteiger partial charge in [-0.05, 0) is 72.8 Å². The lowest BCUT2D eigenvalue weighted by atomic mass is 10.1. The predicted molar refractivity (Wildman–Crippen MR) is 119 cm³/mol. The third-order valence-corrected chi connectivity index (χ3v) is 4.53. The van der Waals surface area contributed by atoms with Gasteiger partial charge in [-0.15, -0.1) is 0 Å². The molecule has 30 heavy (non-hydrogen) atoms. The summed E-state index contributed by atoms with van der Waals surface area (Å²) in [5, 5.41) is 29.3. The van der Waals surface area contributed by atoms with E-state index in [9.17, 15) is 10.2 Å². The van der Waals surface area contributed by atoms with Gasteiger partial charge in [0.25, 0.3) is 0 Å². The zero-order chi connectivity index (χ0) is 20.9. The maximum atomic E-state index is 10.4. The van der Waals surface area contributed by atoms with Crippen molar-refractivity contribution in [1.82, 2.24) is 0 Å². The number of benzene rings is 4. The van der Waals surface area contributed by atoms with Crippen LogP contribution in [0, 0.1) is 0 Å². The molecule has 0 bridgehead atoms. The lowest BCUT2D eigenvalue weighted by Crippen LogP contribution is -2.10. The molecular formula is C24H20N4O2. The molecule has 4 aromatic carbocycles. The summed E-state index contributed by atoms with van der Waals surface area (Å²) in [6.45, 7) is 0. The van der Waals surface area contributed by atoms with Crippen LogP contribution in [0.4, 0.5) is 34.1 Å². The molecule has 4 N–H and O–H groups in total. The highest BCUT2D eigenvalue weighted by molar-refractivity contribution is 5.83. The van der Waals surface area contributed by atoms with Gasteiger partial charge < -0.3 is 20.8 Å². The van der Waals surface area contributed by atoms with Crippen molar-refractivity contribution in [3.05, 3.63) is 97.1 Å². The highest BCUT2D eigenvalue weighted by Crippen LogP contribution is 2.43. The van der Waals surface area contributed by atoms with Gasteiger partial charge in [0.15, 0.2) is 0 Å². The minimum absolute atomic E-state index is 0.105. The summed E-state index contributed by atoms with van der Waals surface area (Å²) in [6, 6.07) is 28.5. The highest BCUT2D eigenvalue weighted by atomic mass is 16.3. The number of phenolic OH excluding ortho intramolecular Hbond substituents is 2. The van der Waals surface area contributed by atoms with Crippen LogP contribution in [0.1, 0.15) is 0 Å². The molecule has 0 heterocycles. The number of azo groups is 1. The van der Waals surface area contributed by atoms with Crippen LogP contribution in [0.25, 0.3) is 0 Å². The fraction of sp³-hybridized carbons (Fsp3) is 0. The average Bonchev–Trinajstić information content (AvgIpc) is 2.77. The third kappa shape index (κ3) is 4.07. The maximum Gasteiger partial charge on any atom is 0.139 e. The molecule has 0 fully saturated rings. The van der Waals surface area contributed by atoms with E-state index in [1.165, 1.54) is 0 Å². The fourth-order valence-electron chi connectivity index (χ4n) is 3.04. The molecule has 6 heteroatoms. The molecule has 6 nitrogen and oxygen atoms in total. The number of hydrogen-bond acceptors (Lipinski definition) is 6. The van der Waals surface area contributed by atoms with Crippen LogP contribution in [0.2, 0.25) is 0 Å². The van der Waals surface area contributed by atoms with E-state index in [-0.39, 0.29) is 11.5 Å². The van der Waals surface area contributed by atoms with Gasteiger partial charge >= 0.3 is 0 Å². The molecule has 0 aliphatic heterocycles. The van der Waals surface area contributed by atoms with Crippen molar-refractivity contribution >= 4 is 34.1 Å². The van der Waals surface area contributed by atoms with Crippen molar-refractivity contribution < 1.29 is 10.2 Å². The Morgan fingerprint density at radius 1 is 0.567 bits per heavy atom. The Hall–Kier alpha value is -4.32. The van der Waals surface area contributed by atoms with Crippen LogP contribution < -0.4 is 10.6 Å². The Kier molecular flexibility index (Phi) is 5.30. The van der Waals surface area contributed by atoms with E-state index in [4.69, 9.17) is 5.73 Å². The summed E-state index contributed by atoms with van der Waals surface area (Å²) in [5.74, 6) is 0.209. The molecule has 0 saturated carbocycles. The first-order chi connectivity index (χ1) is 14.6. The highest BCUT2D eigenvalue weighted by Gasteiger charge is 2.18. The first kappa shape index (κ1) is 19.0. The minimum atomic E-state index is 0.105. The molecular weight excluding hydrogens is 376 g/mol. The molecule has 0 radical (unpaired) electrons. The number of rotatable bonds is 5. The van der Waals surface area contributed by atoms with Gasteiger partial charge in [-0.1, -0.05) is 24.3 Å². The number of anilines is 4. The van der Waals surface area contributed by atoms with E-state index >= 15 is 0 Å². The largest absolute Gasteiger partial charge is 0.506 e. The van der Waals surface area contributed by atoms with Crippen LogP contribution in [0.3, 0.4) is 0 Å². The summed E-state index contributed by atoms with van der Waals surface area (Å²) < 4.78 is 0. The maximum absolute atomic E-state index is 10.4. The lowest BCUT2D eigenvalue weighted by Gasteiger charge is -2.26. The number of phenols is 2. The monoisotopic (exact) mass is 396 g/mol. The summed E-state index contributed by atoms with van der Waals surface area (Å²) in [5.41, 5.74) is 9.59. The van der Waals surface area contributed by atoms with E-state index in [1.807, 2.05) is 36.4 Å². The number of hydrogen-bond donors (Lipinski definition) is 3. The van der Waals surface area contributed by atoms with E-state index in [0.717, 1.165) is 5.69 Å². The van der Waals surface area contributed by atoms with Crippen LogP contribution in [0.5, 0.6) is 11.5 Å². The Morgan fingerprint density at radius 2 is 1.00 bits per heavy atom. The number of nitrogens with two attached hydrogens (primary N) is 1. The Bertz CT molecular complexity index is 1130. The van der Waals surface area contributed by atoms with Gasteiger partial charge in [0.1, 0.15) is 11.5 Å². The number of nitrogens with zero attached hydrogens (tertiary/aromatic N) is 3. The van der Waals surface area contributed by atoms with Gasteiger partial charge in [0, 0.05) is 11.4 Å². The molecule has 0 aliphatic rings. The van der Waals surface area contributed by atoms with E-state index in [1.54, 1.807) is 65.6 Å². The quantitative estimate of drug-likeness (QED) is 0.263. The van der Waals surface area contributed by atoms with Gasteiger partial charge in [-0.25, -0.2) is 0 Å². The van der Waals surface area contributed by atoms with E-state index < -0.39 is 0 Å². The second kappa shape index (κ2) is 8.36. The fourth-order valence-corrected chi connectivity index (χ4v) is 3.04. The van der Waals surface area contributed by atoms with Gasteiger partial charge in [-0.2, -0.15) is 10.2 Å². The number of aromatic hydroxyl groups is 2. The molecule has 148 valence electrons. The Morgan fingerprint density at radius 3 is 1.47 bits per heavy atom. The zero-order valence-corrected chi connectivity index (χ0v) is 16.1. The molecule has 0 amide bonds. The third-order valence-electron chi connectivity index (χ3n) is 4.53. The molecule has 0 atom stereocenters. The summed E-state index contributed by atoms with van der Waals surface area (Å²) in [7, 11) is 0. The molecule has 0 unspecified atom stereocenters. The molecule has 0 aliphatic carbocycles. The Labute approximate surface area is 174 Å². The second-order valence-corrected chi connectivity index (χ2v) is 6.62. The van der Waals surface area contributed by atoms with Crippen molar-refractivity contribution in [1.29, 1.82) is 0 Å².